The molecule has 0 aliphatic heterocycles. The van der Waals surface area contributed by atoms with Crippen molar-refractivity contribution >= 4 is 5.69 Å². The van der Waals surface area contributed by atoms with E-state index in [1.807, 2.05) is 36.4 Å². The fraction of sp³-hybridized carbons (Fsp3) is 0.0833. The van der Waals surface area contributed by atoms with Crippen molar-refractivity contribution in [2.24, 2.45) is 0 Å². The lowest BCUT2D eigenvalue weighted by molar-refractivity contribution is 1.13. The van der Waals surface area contributed by atoms with Crippen LogP contribution < -0.4 is 10.9 Å². The Balaban J connectivity index is 2.02. The molecule has 15 heavy (non-hydrogen) atoms. The molecule has 1 heterocycles. The van der Waals surface area contributed by atoms with Crippen LogP contribution in [-0.2, 0) is 6.54 Å². The Kier molecular flexibility index (Phi) is 2.83. The topological polar surface area (TPSA) is 44.9 Å². The third-order valence-corrected chi connectivity index (χ3v) is 2.11. The summed E-state index contributed by atoms with van der Waals surface area (Å²) >= 11 is 0. The average Bonchev–Trinajstić information content (AvgIpc) is 2.28. The van der Waals surface area contributed by atoms with Crippen molar-refractivity contribution in [3.63, 3.8) is 0 Å². The van der Waals surface area contributed by atoms with Crippen LogP contribution in [0.2, 0.25) is 0 Å². The zero-order valence-electron chi connectivity index (χ0n) is 8.23. The number of hydrogen-bond donors (Lipinski definition) is 2. The van der Waals surface area contributed by atoms with Gasteiger partial charge in [0, 0.05) is 24.5 Å². The molecule has 0 aliphatic carbocycles. The number of anilines is 1. The minimum absolute atomic E-state index is 0.0898. The van der Waals surface area contributed by atoms with Crippen molar-refractivity contribution in [3.8, 4) is 0 Å². The smallest absolute Gasteiger partial charge is 0.249 e. The van der Waals surface area contributed by atoms with Gasteiger partial charge in [-0.25, -0.2) is 0 Å². The maximum atomic E-state index is 11.0. The molecule has 0 aliphatic rings. The molecule has 0 radical (unpaired) electrons. The second-order valence-corrected chi connectivity index (χ2v) is 3.28. The highest BCUT2D eigenvalue weighted by Crippen LogP contribution is 2.05. The van der Waals surface area contributed by atoms with Crippen molar-refractivity contribution in [2.75, 3.05) is 5.32 Å². The van der Waals surface area contributed by atoms with Gasteiger partial charge in [-0.1, -0.05) is 30.3 Å². The summed E-state index contributed by atoms with van der Waals surface area (Å²) in [5.74, 6) is 0. The number of rotatable bonds is 3. The molecule has 0 saturated heterocycles. The lowest BCUT2D eigenvalue weighted by atomic mass is 10.2. The van der Waals surface area contributed by atoms with Gasteiger partial charge < -0.3 is 10.3 Å². The molecule has 0 atom stereocenters. The molecule has 2 rings (SSSR count). The van der Waals surface area contributed by atoms with E-state index in [2.05, 4.69) is 10.3 Å². The Labute approximate surface area is 87.8 Å². The summed E-state index contributed by atoms with van der Waals surface area (Å²) in [5, 5.41) is 3.18. The van der Waals surface area contributed by atoms with Crippen LogP contribution in [0, 0.1) is 0 Å². The fourth-order valence-electron chi connectivity index (χ4n) is 1.35. The van der Waals surface area contributed by atoms with Gasteiger partial charge in [0.25, 0.3) is 0 Å². The average molecular weight is 200 g/mol. The summed E-state index contributed by atoms with van der Waals surface area (Å²) < 4.78 is 0. The van der Waals surface area contributed by atoms with Gasteiger partial charge in [0.05, 0.1) is 0 Å². The van der Waals surface area contributed by atoms with Crippen LogP contribution in [0.25, 0.3) is 0 Å². The van der Waals surface area contributed by atoms with Crippen LogP contribution >= 0.6 is 0 Å². The number of nitrogens with one attached hydrogen (secondary N) is 2. The number of aromatic amines is 1. The number of hydrogen-bond acceptors (Lipinski definition) is 2. The summed E-state index contributed by atoms with van der Waals surface area (Å²) in [7, 11) is 0. The molecule has 0 amide bonds. The monoisotopic (exact) mass is 200 g/mol. The second-order valence-electron chi connectivity index (χ2n) is 3.28. The Bertz CT molecular complexity index is 476. The molecule has 0 bridgehead atoms. The molecular weight excluding hydrogens is 188 g/mol. The van der Waals surface area contributed by atoms with E-state index in [1.165, 1.54) is 5.56 Å². The first-order chi connectivity index (χ1) is 7.34. The van der Waals surface area contributed by atoms with E-state index in [0.29, 0.717) is 0 Å². The van der Waals surface area contributed by atoms with Crippen molar-refractivity contribution in [3.05, 3.63) is 64.6 Å². The van der Waals surface area contributed by atoms with Crippen molar-refractivity contribution in [2.45, 2.75) is 6.54 Å². The molecular formula is C12H12N2O. The predicted octanol–water partition coefficient (Wildman–Crippen LogP) is 1.99. The van der Waals surface area contributed by atoms with Gasteiger partial charge in [0.1, 0.15) is 0 Å². The van der Waals surface area contributed by atoms with Gasteiger partial charge in [0.2, 0.25) is 5.56 Å². The lowest BCUT2D eigenvalue weighted by Crippen LogP contribution is -2.06. The molecule has 0 unspecified atom stereocenters. The van der Waals surface area contributed by atoms with Gasteiger partial charge in [-0.3, -0.25) is 4.79 Å². The molecule has 1 aromatic carbocycles. The molecule has 0 saturated carbocycles. The molecule has 76 valence electrons. The van der Waals surface area contributed by atoms with Gasteiger partial charge in [0.15, 0.2) is 0 Å². The van der Waals surface area contributed by atoms with E-state index in [-0.39, 0.29) is 5.56 Å². The first kappa shape index (κ1) is 9.52. The van der Waals surface area contributed by atoms with Crippen LogP contribution in [0.4, 0.5) is 5.69 Å². The van der Waals surface area contributed by atoms with Crippen LogP contribution in [0.1, 0.15) is 5.56 Å². The number of pyridine rings is 1. The summed E-state index contributed by atoms with van der Waals surface area (Å²) in [5.41, 5.74) is 1.94. The van der Waals surface area contributed by atoms with Crippen molar-refractivity contribution in [1.29, 1.82) is 0 Å². The molecule has 0 spiro atoms. The number of aromatic nitrogens is 1. The Hall–Kier alpha value is -2.03. The largest absolute Gasteiger partial charge is 0.381 e. The zero-order chi connectivity index (χ0) is 10.5. The SMILES string of the molecule is O=c1cc(NCc2ccccc2)cc[nH]1. The van der Waals surface area contributed by atoms with Gasteiger partial charge in [-0.2, -0.15) is 0 Å². The first-order valence-electron chi connectivity index (χ1n) is 4.81. The van der Waals surface area contributed by atoms with Crippen LogP contribution in [0.15, 0.2) is 53.5 Å². The van der Waals surface area contributed by atoms with Crippen molar-refractivity contribution in [1.82, 2.24) is 4.98 Å². The van der Waals surface area contributed by atoms with Crippen LogP contribution in [0.5, 0.6) is 0 Å². The van der Waals surface area contributed by atoms with E-state index >= 15 is 0 Å². The van der Waals surface area contributed by atoms with Crippen LogP contribution in [0.3, 0.4) is 0 Å². The maximum Gasteiger partial charge on any atom is 0.249 e. The minimum atomic E-state index is -0.0898. The molecule has 2 N–H and O–H groups in total. The second kappa shape index (κ2) is 4.46. The maximum absolute atomic E-state index is 11.0. The number of H-pyrrole nitrogens is 1. The quantitative estimate of drug-likeness (QED) is 0.795. The zero-order valence-corrected chi connectivity index (χ0v) is 8.23. The summed E-state index contributed by atoms with van der Waals surface area (Å²) in [6, 6.07) is 13.4. The minimum Gasteiger partial charge on any atom is -0.381 e. The third-order valence-electron chi connectivity index (χ3n) is 2.11. The van der Waals surface area contributed by atoms with Gasteiger partial charge in [-0.15, -0.1) is 0 Å². The first-order valence-corrected chi connectivity index (χ1v) is 4.81. The standard InChI is InChI=1S/C12H12N2O/c15-12-8-11(6-7-13-12)14-9-10-4-2-1-3-5-10/h1-8H,9H2,(H2,13,14,15). The summed E-state index contributed by atoms with van der Waals surface area (Å²) in [6.07, 6.45) is 1.63. The lowest BCUT2D eigenvalue weighted by Gasteiger charge is -2.05. The molecule has 2 aromatic rings. The molecule has 3 heteroatoms. The fourth-order valence-corrected chi connectivity index (χ4v) is 1.35. The third kappa shape index (κ3) is 2.71. The van der Waals surface area contributed by atoms with E-state index in [1.54, 1.807) is 12.3 Å². The highest BCUT2D eigenvalue weighted by atomic mass is 16.1. The Morgan fingerprint density at radius 3 is 2.67 bits per heavy atom. The van der Waals surface area contributed by atoms with E-state index in [0.717, 1.165) is 12.2 Å². The summed E-state index contributed by atoms with van der Waals surface area (Å²) in [4.78, 5) is 13.6. The van der Waals surface area contributed by atoms with E-state index < -0.39 is 0 Å². The van der Waals surface area contributed by atoms with Crippen LogP contribution in [-0.4, -0.2) is 4.98 Å². The van der Waals surface area contributed by atoms with Crippen molar-refractivity contribution < 1.29 is 0 Å². The predicted molar refractivity (Wildman–Crippen MR) is 60.8 cm³/mol. The molecule has 1 aromatic heterocycles. The Morgan fingerprint density at radius 1 is 1.13 bits per heavy atom. The van der Waals surface area contributed by atoms with Gasteiger partial charge in [-0.05, 0) is 11.6 Å². The Morgan fingerprint density at radius 2 is 1.93 bits per heavy atom. The van der Waals surface area contributed by atoms with E-state index in [4.69, 9.17) is 0 Å². The highest BCUT2D eigenvalue weighted by Gasteiger charge is 1.93. The normalized spacial score (nSPS) is 9.87. The van der Waals surface area contributed by atoms with E-state index in [9.17, 15) is 4.79 Å². The highest BCUT2D eigenvalue weighted by molar-refractivity contribution is 5.41. The molecule has 3 nitrogen and oxygen atoms in total. The number of benzene rings is 1. The van der Waals surface area contributed by atoms with Gasteiger partial charge >= 0.3 is 0 Å². The summed E-state index contributed by atoms with van der Waals surface area (Å²) in [6.45, 7) is 0.726. The molecule has 0 fully saturated rings.